The maximum absolute atomic E-state index is 12.4. The molecule has 0 saturated carbocycles. The number of halogens is 1. The molecule has 130 valence electrons. The van der Waals surface area contributed by atoms with E-state index in [-0.39, 0.29) is 30.0 Å². The Kier molecular flexibility index (Phi) is 7.48. The molecule has 0 bridgehead atoms. The van der Waals surface area contributed by atoms with Crippen LogP contribution < -0.4 is 10.6 Å². The van der Waals surface area contributed by atoms with Gasteiger partial charge in [-0.3, -0.25) is 9.59 Å². The second kappa shape index (κ2) is 9.10. The van der Waals surface area contributed by atoms with E-state index in [0.717, 1.165) is 12.1 Å². The van der Waals surface area contributed by atoms with Gasteiger partial charge in [0.1, 0.15) is 0 Å². The lowest BCUT2D eigenvalue weighted by Crippen LogP contribution is -2.32. The molecule has 0 fully saturated rings. The van der Waals surface area contributed by atoms with Gasteiger partial charge in [0, 0.05) is 31.4 Å². The molecule has 0 aliphatic heterocycles. The van der Waals surface area contributed by atoms with E-state index in [1.165, 1.54) is 6.26 Å². The SMILES string of the molecule is CNCCN(C)C(=O)c1ccc(C)c(NC(=O)c2ccco2)c1.Cl. The molecule has 24 heavy (non-hydrogen) atoms. The van der Waals surface area contributed by atoms with E-state index in [1.54, 1.807) is 36.2 Å². The van der Waals surface area contributed by atoms with Crippen molar-refractivity contribution in [1.29, 1.82) is 0 Å². The molecule has 0 aliphatic carbocycles. The van der Waals surface area contributed by atoms with Gasteiger partial charge in [0.2, 0.25) is 0 Å². The van der Waals surface area contributed by atoms with E-state index >= 15 is 0 Å². The average Bonchev–Trinajstić information content (AvgIpc) is 3.08. The fourth-order valence-corrected chi connectivity index (χ4v) is 2.08. The number of hydrogen-bond donors (Lipinski definition) is 2. The Morgan fingerprint density at radius 1 is 1.25 bits per heavy atom. The standard InChI is InChI=1S/C17H21N3O3.ClH/c1-12-6-7-13(17(22)20(3)9-8-18-2)11-14(12)19-16(21)15-5-4-10-23-15;/h4-7,10-11,18H,8-9H2,1-3H3,(H,19,21);1H. The Labute approximate surface area is 147 Å². The van der Waals surface area contributed by atoms with E-state index < -0.39 is 0 Å². The molecule has 0 spiro atoms. The lowest BCUT2D eigenvalue weighted by molar-refractivity contribution is 0.0796. The molecule has 7 heteroatoms. The van der Waals surface area contributed by atoms with Gasteiger partial charge < -0.3 is 20.0 Å². The summed E-state index contributed by atoms with van der Waals surface area (Å²) in [5, 5.41) is 5.78. The largest absolute Gasteiger partial charge is 0.459 e. The number of aryl methyl sites for hydroxylation is 1. The first-order chi connectivity index (χ1) is 11.0. The zero-order valence-electron chi connectivity index (χ0n) is 14.0. The summed E-state index contributed by atoms with van der Waals surface area (Å²) < 4.78 is 5.07. The lowest BCUT2D eigenvalue weighted by atomic mass is 10.1. The van der Waals surface area contributed by atoms with Crippen molar-refractivity contribution in [1.82, 2.24) is 10.2 Å². The number of carbonyl (C=O) groups is 2. The molecule has 0 aliphatic rings. The van der Waals surface area contributed by atoms with Gasteiger partial charge in [0.15, 0.2) is 5.76 Å². The predicted octanol–water partition coefficient (Wildman–Crippen LogP) is 2.55. The Balaban J connectivity index is 0.00000288. The first kappa shape index (κ1) is 19.7. The van der Waals surface area contributed by atoms with E-state index in [9.17, 15) is 9.59 Å². The maximum Gasteiger partial charge on any atom is 0.291 e. The normalized spacial score (nSPS) is 9.96. The molecule has 2 rings (SSSR count). The number of nitrogens with one attached hydrogen (secondary N) is 2. The van der Waals surface area contributed by atoms with Crippen LogP contribution in [0.15, 0.2) is 41.0 Å². The molecule has 2 amide bonds. The van der Waals surface area contributed by atoms with Crippen molar-refractivity contribution in [2.24, 2.45) is 0 Å². The van der Waals surface area contributed by atoms with Crippen LogP contribution in [0, 0.1) is 6.92 Å². The van der Waals surface area contributed by atoms with Gasteiger partial charge in [-0.15, -0.1) is 12.4 Å². The van der Waals surface area contributed by atoms with Gasteiger partial charge in [-0.05, 0) is 43.8 Å². The van der Waals surface area contributed by atoms with Gasteiger partial charge in [0.25, 0.3) is 11.8 Å². The third-order valence-electron chi connectivity index (χ3n) is 3.52. The van der Waals surface area contributed by atoms with Crippen LogP contribution in [0.1, 0.15) is 26.5 Å². The Bertz CT molecular complexity index is 686. The summed E-state index contributed by atoms with van der Waals surface area (Å²) in [6.07, 6.45) is 1.44. The molecular weight excluding hydrogens is 330 g/mol. The van der Waals surface area contributed by atoms with Crippen LogP contribution in [-0.2, 0) is 0 Å². The summed E-state index contributed by atoms with van der Waals surface area (Å²) >= 11 is 0. The summed E-state index contributed by atoms with van der Waals surface area (Å²) in [5.74, 6) is -0.202. The van der Waals surface area contributed by atoms with Crippen LogP contribution in [-0.4, -0.2) is 43.9 Å². The summed E-state index contributed by atoms with van der Waals surface area (Å²) in [7, 11) is 3.59. The summed E-state index contributed by atoms with van der Waals surface area (Å²) in [6, 6.07) is 8.50. The quantitative estimate of drug-likeness (QED) is 0.838. The highest BCUT2D eigenvalue weighted by atomic mass is 35.5. The van der Waals surface area contributed by atoms with Crippen molar-refractivity contribution in [2.75, 3.05) is 32.5 Å². The fourth-order valence-electron chi connectivity index (χ4n) is 2.08. The average molecular weight is 352 g/mol. The number of benzene rings is 1. The Morgan fingerprint density at radius 2 is 2.00 bits per heavy atom. The van der Waals surface area contributed by atoms with Crippen LogP contribution in [0.5, 0.6) is 0 Å². The van der Waals surface area contributed by atoms with E-state index in [0.29, 0.717) is 17.8 Å². The smallest absolute Gasteiger partial charge is 0.291 e. The van der Waals surface area contributed by atoms with Gasteiger partial charge in [0.05, 0.1) is 6.26 Å². The third kappa shape index (κ3) is 4.84. The molecular formula is C17H22ClN3O3. The highest BCUT2D eigenvalue weighted by Gasteiger charge is 2.15. The molecule has 6 nitrogen and oxygen atoms in total. The van der Waals surface area contributed by atoms with Gasteiger partial charge in [-0.2, -0.15) is 0 Å². The van der Waals surface area contributed by atoms with Gasteiger partial charge in [-0.1, -0.05) is 6.07 Å². The van der Waals surface area contributed by atoms with Crippen LogP contribution >= 0.6 is 12.4 Å². The second-order valence-corrected chi connectivity index (χ2v) is 5.29. The number of rotatable bonds is 6. The van der Waals surface area contributed by atoms with Gasteiger partial charge >= 0.3 is 0 Å². The summed E-state index contributed by atoms with van der Waals surface area (Å²) in [5.41, 5.74) is 2.00. The minimum absolute atomic E-state index is 0. The van der Waals surface area contributed by atoms with E-state index in [2.05, 4.69) is 10.6 Å². The molecule has 0 saturated heterocycles. The van der Waals surface area contributed by atoms with Crippen molar-refractivity contribution < 1.29 is 14.0 Å². The Morgan fingerprint density at radius 3 is 2.62 bits per heavy atom. The fraction of sp³-hybridized carbons (Fsp3) is 0.294. The van der Waals surface area contributed by atoms with Gasteiger partial charge in [-0.25, -0.2) is 0 Å². The van der Waals surface area contributed by atoms with Crippen molar-refractivity contribution in [3.63, 3.8) is 0 Å². The number of likely N-dealkylation sites (N-methyl/N-ethyl adjacent to an activating group) is 2. The van der Waals surface area contributed by atoms with Crippen LogP contribution in [0.3, 0.4) is 0 Å². The number of amides is 2. The minimum Gasteiger partial charge on any atom is -0.459 e. The second-order valence-electron chi connectivity index (χ2n) is 5.29. The lowest BCUT2D eigenvalue weighted by Gasteiger charge is -2.18. The van der Waals surface area contributed by atoms with Crippen molar-refractivity contribution in [2.45, 2.75) is 6.92 Å². The molecule has 2 aromatic rings. The van der Waals surface area contributed by atoms with Crippen LogP contribution in [0.25, 0.3) is 0 Å². The molecule has 0 atom stereocenters. The van der Waals surface area contributed by atoms with Crippen molar-refractivity contribution in [3.05, 3.63) is 53.5 Å². The zero-order chi connectivity index (χ0) is 16.8. The molecule has 1 aromatic heterocycles. The number of hydrogen-bond acceptors (Lipinski definition) is 4. The number of anilines is 1. The number of carbonyl (C=O) groups excluding carboxylic acids is 2. The molecule has 0 radical (unpaired) electrons. The highest BCUT2D eigenvalue weighted by molar-refractivity contribution is 6.03. The minimum atomic E-state index is -0.341. The van der Waals surface area contributed by atoms with E-state index in [1.807, 2.05) is 20.0 Å². The number of nitrogens with zero attached hydrogens (tertiary/aromatic N) is 1. The zero-order valence-corrected chi connectivity index (χ0v) is 14.8. The Hall–Kier alpha value is -2.31. The maximum atomic E-state index is 12.4. The van der Waals surface area contributed by atoms with Crippen LogP contribution in [0.4, 0.5) is 5.69 Å². The topological polar surface area (TPSA) is 74.6 Å². The summed E-state index contributed by atoms with van der Waals surface area (Å²) in [6.45, 7) is 3.20. The molecule has 2 N–H and O–H groups in total. The summed E-state index contributed by atoms with van der Waals surface area (Å²) in [4.78, 5) is 26.1. The number of furan rings is 1. The van der Waals surface area contributed by atoms with E-state index in [4.69, 9.17) is 4.42 Å². The molecule has 0 unspecified atom stereocenters. The monoisotopic (exact) mass is 351 g/mol. The first-order valence-corrected chi connectivity index (χ1v) is 7.38. The third-order valence-corrected chi connectivity index (χ3v) is 3.52. The predicted molar refractivity (Wildman–Crippen MR) is 96.0 cm³/mol. The molecule has 1 heterocycles. The molecule has 1 aromatic carbocycles. The first-order valence-electron chi connectivity index (χ1n) is 7.38. The van der Waals surface area contributed by atoms with Crippen molar-refractivity contribution >= 4 is 29.9 Å². The highest BCUT2D eigenvalue weighted by Crippen LogP contribution is 2.19. The van der Waals surface area contributed by atoms with Crippen molar-refractivity contribution in [3.8, 4) is 0 Å². The van der Waals surface area contributed by atoms with Crippen LogP contribution in [0.2, 0.25) is 0 Å².